The first kappa shape index (κ1) is 14.2. The van der Waals surface area contributed by atoms with Gasteiger partial charge in [-0.1, -0.05) is 32.1 Å². The van der Waals surface area contributed by atoms with Gasteiger partial charge in [-0.2, -0.15) is 0 Å². The van der Waals surface area contributed by atoms with Crippen molar-refractivity contribution in [2.75, 3.05) is 0 Å². The Morgan fingerprint density at radius 3 is 2.73 bits per heavy atom. The molecule has 2 nitrogen and oxygen atoms in total. The van der Waals surface area contributed by atoms with Gasteiger partial charge in [0.05, 0.1) is 0 Å². The predicted molar refractivity (Wildman–Crippen MR) is 86.1 cm³/mol. The topological polar surface area (TPSA) is 34.1 Å². The van der Waals surface area contributed by atoms with Crippen LogP contribution < -0.4 is 0 Å². The molecule has 0 aromatic carbocycles. The second-order valence-corrected chi connectivity index (χ2v) is 8.18. The van der Waals surface area contributed by atoms with Crippen molar-refractivity contribution in [2.24, 2.45) is 28.6 Å². The van der Waals surface area contributed by atoms with Gasteiger partial charge in [0.1, 0.15) is 5.78 Å². The summed E-state index contributed by atoms with van der Waals surface area (Å²) in [4.78, 5) is 24.2. The van der Waals surface area contributed by atoms with Crippen molar-refractivity contribution in [2.45, 2.75) is 46.0 Å². The zero-order valence-electron chi connectivity index (χ0n) is 13.5. The van der Waals surface area contributed by atoms with Crippen molar-refractivity contribution in [1.82, 2.24) is 0 Å². The third-order valence-corrected chi connectivity index (χ3v) is 7.24. The molecule has 4 aliphatic rings. The average molecular weight is 296 g/mol. The van der Waals surface area contributed by atoms with Crippen LogP contribution in [0.2, 0.25) is 0 Å². The van der Waals surface area contributed by atoms with Gasteiger partial charge in [-0.25, -0.2) is 0 Å². The number of Topliss-reactive ketones (excluding diaryl/α,β-unsaturated/α-hetero) is 1. The van der Waals surface area contributed by atoms with Gasteiger partial charge in [0.2, 0.25) is 0 Å². The summed E-state index contributed by atoms with van der Waals surface area (Å²) in [6.45, 7) is 8.75. The van der Waals surface area contributed by atoms with Gasteiger partial charge in [0.15, 0.2) is 5.78 Å². The normalized spacial score (nSPS) is 46.9. The molecular weight excluding hydrogens is 272 g/mol. The molecule has 0 aliphatic heterocycles. The number of hydrogen-bond donors (Lipinski definition) is 0. The third-order valence-electron chi connectivity index (χ3n) is 7.24. The molecule has 0 bridgehead atoms. The van der Waals surface area contributed by atoms with Gasteiger partial charge in [0, 0.05) is 17.3 Å². The van der Waals surface area contributed by atoms with Gasteiger partial charge >= 0.3 is 0 Å². The summed E-state index contributed by atoms with van der Waals surface area (Å²) in [7, 11) is 0. The van der Waals surface area contributed by atoms with E-state index in [4.69, 9.17) is 0 Å². The molecule has 0 spiro atoms. The van der Waals surface area contributed by atoms with Crippen molar-refractivity contribution >= 4 is 11.6 Å². The molecule has 4 rings (SSSR count). The number of ketones is 2. The Bertz CT molecular complexity index is 653. The average Bonchev–Trinajstić information content (AvgIpc) is 2.77. The molecule has 0 N–H and O–H groups in total. The summed E-state index contributed by atoms with van der Waals surface area (Å²) in [6, 6.07) is 0. The van der Waals surface area contributed by atoms with E-state index in [0.717, 1.165) is 43.3 Å². The molecule has 0 aromatic rings. The van der Waals surface area contributed by atoms with E-state index in [-0.39, 0.29) is 16.6 Å². The summed E-state index contributed by atoms with van der Waals surface area (Å²) in [5.41, 5.74) is 2.09. The van der Waals surface area contributed by atoms with Crippen molar-refractivity contribution in [3.05, 3.63) is 36.0 Å². The highest BCUT2D eigenvalue weighted by molar-refractivity contribution is 6.02. The zero-order valence-corrected chi connectivity index (χ0v) is 13.5. The van der Waals surface area contributed by atoms with Crippen LogP contribution in [0.5, 0.6) is 0 Å². The van der Waals surface area contributed by atoms with Gasteiger partial charge in [-0.05, 0) is 61.2 Å². The quantitative estimate of drug-likeness (QED) is 0.676. The van der Waals surface area contributed by atoms with Crippen molar-refractivity contribution < 1.29 is 9.59 Å². The van der Waals surface area contributed by atoms with Crippen LogP contribution in [-0.2, 0) is 9.59 Å². The maximum absolute atomic E-state index is 12.4. The van der Waals surface area contributed by atoms with E-state index in [1.54, 1.807) is 12.2 Å². The monoisotopic (exact) mass is 296 g/mol. The van der Waals surface area contributed by atoms with Crippen molar-refractivity contribution in [3.8, 4) is 0 Å². The second kappa shape index (κ2) is 4.31. The summed E-state index contributed by atoms with van der Waals surface area (Å²) in [5, 5.41) is 0. The fourth-order valence-electron chi connectivity index (χ4n) is 5.98. The van der Waals surface area contributed by atoms with Crippen LogP contribution in [0, 0.1) is 28.6 Å². The van der Waals surface area contributed by atoms with Crippen molar-refractivity contribution in [1.29, 1.82) is 0 Å². The number of carbonyl (C=O) groups is 2. The largest absolute Gasteiger partial charge is 0.299 e. The van der Waals surface area contributed by atoms with E-state index < -0.39 is 0 Å². The molecule has 5 atom stereocenters. The molecule has 0 unspecified atom stereocenters. The molecule has 0 aromatic heterocycles. The molecule has 116 valence electrons. The minimum atomic E-state index is -0.104. The minimum absolute atomic E-state index is 0.0686. The molecule has 0 saturated heterocycles. The first-order valence-corrected chi connectivity index (χ1v) is 8.53. The van der Waals surface area contributed by atoms with Crippen molar-refractivity contribution in [3.63, 3.8) is 0 Å². The summed E-state index contributed by atoms with van der Waals surface area (Å²) in [6.07, 6.45) is 10.5. The van der Waals surface area contributed by atoms with E-state index in [1.165, 1.54) is 0 Å². The van der Waals surface area contributed by atoms with Gasteiger partial charge in [-0.15, -0.1) is 0 Å². The van der Waals surface area contributed by atoms with E-state index in [2.05, 4.69) is 26.5 Å². The highest BCUT2D eigenvalue weighted by Crippen LogP contribution is 2.64. The first-order chi connectivity index (χ1) is 10.4. The Labute approximate surface area is 132 Å². The van der Waals surface area contributed by atoms with Gasteiger partial charge in [-0.3, -0.25) is 9.59 Å². The molecule has 22 heavy (non-hydrogen) atoms. The minimum Gasteiger partial charge on any atom is -0.299 e. The molecule has 0 heterocycles. The Morgan fingerprint density at radius 1 is 1.18 bits per heavy atom. The Morgan fingerprint density at radius 2 is 1.95 bits per heavy atom. The van der Waals surface area contributed by atoms with Crippen LogP contribution >= 0.6 is 0 Å². The van der Waals surface area contributed by atoms with Crippen LogP contribution in [0.3, 0.4) is 0 Å². The first-order valence-electron chi connectivity index (χ1n) is 8.53. The fourth-order valence-corrected chi connectivity index (χ4v) is 5.98. The highest BCUT2D eigenvalue weighted by atomic mass is 16.1. The number of fused-ring (bicyclic) bond motifs is 5. The van der Waals surface area contributed by atoms with Gasteiger partial charge in [0.25, 0.3) is 0 Å². The lowest BCUT2D eigenvalue weighted by molar-refractivity contribution is -0.131. The third kappa shape index (κ3) is 1.61. The standard InChI is InChI=1S/C20H24O2/c1-12-10-14-15-4-5-18(22)20(15,3)9-7-16(14)19(2)8-6-13(21)11-17(12)19/h6,8,11,14-16H,1,4-5,7,9-10H2,2-3H3/t14-,15-,16+,19+,20+/m0/s1. The zero-order chi connectivity index (χ0) is 15.7. The van der Waals surface area contributed by atoms with Crippen LogP contribution in [-0.4, -0.2) is 11.6 Å². The van der Waals surface area contributed by atoms with Crippen LogP contribution in [0.1, 0.15) is 46.0 Å². The van der Waals surface area contributed by atoms with Crippen LogP contribution in [0.15, 0.2) is 36.0 Å². The predicted octanol–water partition coefficient (Wildman–Crippen LogP) is 4.03. The molecular formula is C20H24O2. The Kier molecular flexibility index (Phi) is 2.77. The molecule has 2 heteroatoms. The van der Waals surface area contributed by atoms with Crippen LogP contribution in [0.4, 0.5) is 0 Å². The van der Waals surface area contributed by atoms with Gasteiger partial charge < -0.3 is 0 Å². The molecule has 3 saturated carbocycles. The maximum atomic E-state index is 12.4. The summed E-state index contributed by atoms with van der Waals surface area (Å²) < 4.78 is 0. The number of hydrogen-bond acceptors (Lipinski definition) is 2. The smallest absolute Gasteiger partial charge is 0.178 e. The highest BCUT2D eigenvalue weighted by Gasteiger charge is 2.59. The van der Waals surface area contributed by atoms with E-state index in [9.17, 15) is 9.59 Å². The second-order valence-electron chi connectivity index (χ2n) is 8.18. The van der Waals surface area contributed by atoms with E-state index >= 15 is 0 Å². The summed E-state index contributed by atoms with van der Waals surface area (Å²) >= 11 is 0. The molecule has 0 amide bonds. The lowest BCUT2D eigenvalue weighted by Gasteiger charge is -2.56. The molecule has 4 aliphatic carbocycles. The van der Waals surface area contributed by atoms with E-state index in [1.807, 2.05) is 0 Å². The number of allylic oxidation sites excluding steroid dienone is 5. The molecule has 3 fully saturated rings. The van der Waals surface area contributed by atoms with E-state index in [0.29, 0.717) is 23.5 Å². The Balaban J connectivity index is 1.78. The maximum Gasteiger partial charge on any atom is 0.178 e. The lowest BCUT2D eigenvalue weighted by atomic mass is 9.48. The lowest BCUT2D eigenvalue weighted by Crippen LogP contribution is -2.50. The van der Waals surface area contributed by atoms with Crippen LogP contribution in [0.25, 0.3) is 0 Å². The molecule has 0 radical (unpaired) electrons. The number of carbonyl (C=O) groups excluding carboxylic acids is 2. The fraction of sp³-hybridized carbons (Fsp3) is 0.600. The SMILES string of the molecule is C=C1C[C@@H]2[C@@H](CC[C@@]3(C)C(=O)CC[C@@H]23)[C@@]2(C)C=CC(=O)C=C12. The summed E-state index contributed by atoms with van der Waals surface area (Å²) in [5.74, 6) is 2.14. The Hall–Kier alpha value is -1.44. The number of rotatable bonds is 0.